The molecule has 6 rings (SSSR count). The molecular formula is C26H37N3O4S. The molecule has 1 aromatic rings. The first-order valence-electron chi connectivity index (χ1n) is 13.0. The van der Waals surface area contributed by atoms with Gasteiger partial charge >= 0.3 is 5.97 Å². The minimum absolute atomic E-state index is 0.0514. The van der Waals surface area contributed by atoms with E-state index in [0.29, 0.717) is 29.9 Å². The second-order valence-electron chi connectivity index (χ2n) is 11.1. The zero-order chi connectivity index (χ0) is 23.9. The zero-order valence-corrected chi connectivity index (χ0v) is 20.9. The first-order valence-corrected chi connectivity index (χ1v) is 14.0. The molecule has 0 radical (unpaired) electrons. The summed E-state index contributed by atoms with van der Waals surface area (Å²) in [6.07, 6.45) is 7.86. The van der Waals surface area contributed by atoms with Crippen molar-refractivity contribution < 1.29 is 19.8 Å². The third-order valence-corrected chi connectivity index (χ3v) is 9.57. The topological polar surface area (TPSA) is 103 Å². The highest BCUT2D eigenvalue weighted by Gasteiger charge is 2.55. The Bertz CT molecular complexity index is 925. The molecule has 186 valence electrons. The normalized spacial score (nSPS) is 34.3. The summed E-state index contributed by atoms with van der Waals surface area (Å²) in [4.78, 5) is 31.7. The van der Waals surface area contributed by atoms with Crippen molar-refractivity contribution in [1.82, 2.24) is 10.3 Å². The number of hydrogen-bond acceptors (Lipinski definition) is 6. The summed E-state index contributed by atoms with van der Waals surface area (Å²) in [5, 5.41) is 24.2. The van der Waals surface area contributed by atoms with Crippen molar-refractivity contribution in [2.24, 2.45) is 23.7 Å². The monoisotopic (exact) mass is 487 g/mol. The summed E-state index contributed by atoms with van der Waals surface area (Å²) in [5.74, 6) is 2.42. The molecule has 1 saturated heterocycles. The minimum Gasteiger partial charge on any atom is -0.481 e. The van der Waals surface area contributed by atoms with E-state index in [4.69, 9.17) is 4.98 Å². The van der Waals surface area contributed by atoms with Crippen LogP contribution in [-0.2, 0) is 4.79 Å². The zero-order valence-electron chi connectivity index (χ0n) is 20.0. The van der Waals surface area contributed by atoms with Crippen molar-refractivity contribution in [1.29, 1.82) is 0 Å². The highest BCUT2D eigenvalue weighted by Crippen LogP contribution is 2.55. The van der Waals surface area contributed by atoms with Gasteiger partial charge in [0.25, 0.3) is 5.91 Å². The SMILES string of the molecule is CCCSc1nc(N2CCC[C@H](CC(=O)O)C2)ccc1C(=O)N[C@H]1C2CC3CC1C[C@@](O)(C3)C2. The number of piperidine rings is 1. The van der Waals surface area contributed by atoms with Gasteiger partial charge in [0.05, 0.1) is 11.2 Å². The predicted octanol–water partition coefficient (Wildman–Crippen LogP) is 3.94. The molecule has 1 aromatic heterocycles. The van der Waals surface area contributed by atoms with Crippen molar-refractivity contribution in [3.63, 3.8) is 0 Å². The van der Waals surface area contributed by atoms with Gasteiger partial charge in [0, 0.05) is 25.6 Å². The van der Waals surface area contributed by atoms with E-state index in [9.17, 15) is 19.8 Å². The van der Waals surface area contributed by atoms with Crippen molar-refractivity contribution in [2.45, 2.75) is 81.4 Å². The van der Waals surface area contributed by atoms with Gasteiger partial charge in [-0.05, 0) is 92.9 Å². The van der Waals surface area contributed by atoms with E-state index in [1.54, 1.807) is 11.8 Å². The number of anilines is 1. The highest BCUT2D eigenvalue weighted by atomic mass is 32.2. The van der Waals surface area contributed by atoms with Crippen LogP contribution < -0.4 is 10.2 Å². The lowest BCUT2D eigenvalue weighted by Gasteiger charge is -2.58. The largest absolute Gasteiger partial charge is 0.481 e. The first kappa shape index (κ1) is 23.9. The van der Waals surface area contributed by atoms with Crippen molar-refractivity contribution in [2.75, 3.05) is 23.7 Å². The number of aliphatic hydroxyl groups is 1. The number of carbonyl (C=O) groups excluding carboxylic acids is 1. The fraction of sp³-hybridized carbons (Fsp3) is 0.731. The smallest absolute Gasteiger partial charge is 0.303 e. The lowest BCUT2D eigenvalue weighted by Crippen LogP contribution is -2.61. The number of nitrogens with one attached hydrogen (secondary N) is 1. The summed E-state index contributed by atoms with van der Waals surface area (Å²) in [5.41, 5.74) is 0.129. The van der Waals surface area contributed by atoms with Gasteiger partial charge in [-0.25, -0.2) is 4.98 Å². The number of amides is 1. The van der Waals surface area contributed by atoms with Crippen LogP contribution in [0.2, 0.25) is 0 Å². The summed E-state index contributed by atoms with van der Waals surface area (Å²) in [6.45, 7) is 3.68. The van der Waals surface area contributed by atoms with Crippen LogP contribution in [0.3, 0.4) is 0 Å². The van der Waals surface area contributed by atoms with Crippen LogP contribution in [0.25, 0.3) is 0 Å². The number of hydrogen-bond donors (Lipinski definition) is 3. The molecule has 3 atom stereocenters. The quantitative estimate of drug-likeness (QED) is 0.477. The number of nitrogens with zero attached hydrogens (tertiary/aromatic N) is 2. The van der Waals surface area contributed by atoms with Gasteiger partial charge in [0.1, 0.15) is 10.8 Å². The number of aromatic nitrogens is 1. The molecule has 4 bridgehead atoms. The number of rotatable bonds is 8. The number of pyridine rings is 1. The molecule has 1 amide bonds. The minimum atomic E-state index is -0.747. The summed E-state index contributed by atoms with van der Waals surface area (Å²) < 4.78 is 0. The number of carboxylic acid groups (broad SMARTS) is 1. The van der Waals surface area contributed by atoms with Crippen molar-refractivity contribution in [3.05, 3.63) is 17.7 Å². The lowest BCUT2D eigenvalue weighted by molar-refractivity contribution is -0.138. The number of aliphatic carboxylic acids is 1. The molecule has 0 spiro atoms. The number of thioether (sulfide) groups is 1. The highest BCUT2D eigenvalue weighted by molar-refractivity contribution is 7.99. The summed E-state index contributed by atoms with van der Waals surface area (Å²) in [6, 6.07) is 3.97. The van der Waals surface area contributed by atoms with Crippen molar-refractivity contribution in [3.8, 4) is 0 Å². The third-order valence-electron chi connectivity index (χ3n) is 8.38. The van der Waals surface area contributed by atoms with Gasteiger partial charge in [0.15, 0.2) is 0 Å². The molecule has 5 fully saturated rings. The van der Waals surface area contributed by atoms with Gasteiger partial charge in [-0.1, -0.05) is 6.92 Å². The van der Waals surface area contributed by atoms with E-state index in [-0.39, 0.29) is 24.3 Å². The van der Waals surface area contributed by atoms with E-state index < -0.39 is 11.6 Å². The maximum atomic E-state index is 13.5. The fourth-order valence-corrected chi connectivity index (χ4v) is 8.09. The van der Waals surface area contributed by atoms with Gasteiger partial charge < -0.3 is 20.4 Å². The Balaban J connectivity index is 1.32. The van der Waals surface area contributed by atoms with Crippen molar-refractivity contribution >= 4 is 29.5 Å². The van der Waals surface area contributed by atoms with Crippen LogP contribution in [0.1, 0.15) is 75.1 Å². The Morgan fingerprint density at radius 2 is 2.00 bits per heavy atom. The molecule has 0 aromatic carbocycles. The molecule has 3 N–H and O–H groups in total. The van der Waals surface area contributed by atoms with Crippen LogP contribution in [0, 0.1) is 23.7 Å². The standard InChI is InChI=1S/C26H37N3O4S/c1-2-8-34-25-20(5-6-21(27-25)29-7-3-4-16(15-29)11-22(30)31)24(32)28-23-18-9-17-10-19(23)14-26(33,12-17)13-18/h5-6,16-19,23,33H,2-4,7-15H2,1H3,(H,28,32)(H,30,31)/t16-,17?,18?,19?,23-,26+/m1/s1. The van der Waals surface area contributed by atoms with E-state index in [2.05, 4.69) is 17.1 Å². The molecule has 7 nitrogen and oxygen atoms in total. The van der Waals surface area contributed by atoms with E-state index in [1.165, 1.54) is 0 Å². The Hall–Kier alpha value is -1.80. The second-order valence-corrected chi connectivity index (χ2v) is 12.2. The van der Waals surface area contributed by atoms with Crippen LogP contribution in [0.15, 0.2) is 17.2 Å². The molecule has 4 aliphatic carbocycles. The molecular weight excluding hydrogens is 450 g/mol. The van der Waals surface area contributed by atoms with E-state index >= 15 is 0 Å². The molecule has 2 unspecified atom stereocenters. The molecule has 34 heavy (non-hydrogen) atoms. The van der Waals surface area contributed by atoms with E-state index in [0.717, 1.165) is 74.5 Å². The predicted molar refractivity (Wildman–Crippen MR) is 132 cm³/mol. The Kier molecular flexibility index (Phi) is 6.81. The first-order chi connectivity index (χ1) is 16.3. The van der Waals surface area contributed by atoms with E-state index in [1.807, 2.05) is 12.1 Å². The Morgan fingerprint density at radius 1 is 1.24 bits per heavy atom. The Morgan fingerprint density at radius 3 is 2.68 bits per heavy atom. The van der Waals surface area contributed by atoms with Crippen LogP contribution in [0.5, 0.6) is 0 Å². The maximum Gasteiger partial charge on any atom is 0.303 e. The van der Waals surface area contributed by atoms with Gasteiger partial charge in [-0.15, -0.1) is 11.8 Å². The van der Waals surface area contributed by atoms with Gasteiger partial charge in [0.2, 0.25) is 0 Å². The molecule has 2 heterocycles. The van der Waals surface area contributed by atoms with Gasteiger partial charge in [-0.3, -0.25) is 9.59 Å². The van der Waals surface area contributed by atoms with Crippen LogP contribution >= 0.6 is 11.8 Å². The lowest BCUT2D eigenvalue weighted by atomic mass is 9.52. The average molecular weight is 488 g/mol. The molecule has 8 heteroatoms. The van der Waals surface area contributed by atoms with Gasteiger partial charge in [-0.2, -0.15) is 0 Å². The Labute approximate surface area is 206 Å². The molecule has 1 aliphatic heterocycles. The number of carbonyl (C=O) groups is 2. The second kappa shape index (κ2) is 9.69. The molecule has 5 aliphatic rings. The summed E-state index contributed by atoms with van der Waals surface area (Å²) >= 11 is 1.62. The number of carboxylic acids is 1. The summed E-state index contributed by atoms with van der Waals surface area (Å²) in [7, 11) is 0. The fourth-order valence-electron chi connectivity index (χ4n) is 7.22. The molecule has 4 saturated carbocycles. The average Bonchev–Trinajstić information content (AvgIpc) is 2.78. The third kappa shape index (κ3) is 4.94. The maximum absolute atomic E-state index is 13.5. The van der Waals surface area contributed by atoms with Crippen LogP contribution in [-0.4, -0.2) is 57.6 Å². The van der Waals surface area contributed by atoms with Crippen LogP contribution in [0.4, 0.5) is 5.82 Å².